The standard InChI is InChI=1S/C20H26N10O12P2/c21-16-14-17(24-5-23-16)29(6-25-14)13-2-9(11(41-13)4-38-43(33,34)35)42-44(36,37)39-3-10-8(31)1-12(40-10)30-7-26-15-18(30)27-20(22)28-19(15)32/h5-13,31H,1-4H2,(H,36,37)(H2,21,23,24)(H2,33,34,35)(H3,22,27,28,32)/t8-,9-,10+,11+,12+,13+/m0/s1. The van der Waals surface area contributed by atoms with Crippen LogP contribution in [0.2, 0.25) is 0 Å². The second-order valence-electron chi connectivity index (χ2n) is 9.85. The fourth-order valence-corrected chi connectivity index (χ4v) is 6.24. The van der Waals surface area contributed by atoms with Gasteiger partial charge >= 0.3 is 15.6 Å². The predicted molar refractivity (Wildman–Crippen MR) is 144 cm³/mol. The topological polar surface area (TPSA) is 320 Å². The van der Waals surface area contributed by atoms with Crippen LogP contribution in [-0.4, -0.2) is 96.5 Å². The van der Waals surface area contributed by atoms with Crippen LogP contribution < -0.4 is 17.0 Å². The summed E-state index contributed by atoms with van der Waals surface area (Å²) in [7, 11) is -9.84. The Morgan fingerprint density at radius 1 is 0.932 bits per heavy atom. The Morgan fingerprint density at radius 2 is 1.59 bits per heavy atom. The Labute approximate surface area is 244 Å². The van der Waals surface area contributed by atoms with Crippen LogP contribution in [0.5, 0.6) is 0 Å². The molecule has 2 aliphatic rings. The number of phosphoric acid groups is 2. The van der Waals surface area contributed by atoms with Gasteiger partial charge < -0.3 is 40.7 Å². The molecule has 6 rings (SSSR count). The lowest BCUT2D eigenvalue weighted by Gasteiger charge is -2.22. The summed E-state index contributed by atoms with van der Waals surface area (Å²) in [5, 5.41) is 10.6. The highest BCUT2D eigenvalue weighted by Crippen LogP contribution is 2.50. The molecule has 0 spiro atoms. The molecule has 6 heterocycles. The number of nitrogen functional groups attached to an aromatic ring is 2. The number of aromatic amines is 1. The van der Waals surface area contributed by atoms with Crippen LogP contribution in [0.15, 0.2) is 23.8 Å². The highest BCUT2D eigenvalue weighted by atomic mass is 31.2. The van der Waals surface area contributed by atoms with Crippen LogP contribution in [0, 0.1) is 0 Å². The average Bonchev–Trinajstić information content (AvgIpc) is 3.71. The van der Waals surface area contributed by atoms with Gasteiger partial charge in [-0.15, -0.1) is 0 Å². The summed E-state index contributed by atoms with van der Waals surface area (Å²) in [5.41, 5.74) is 11.5. The van der Waals surface area contributed by atoms with Crippen molar-refractivity contribution < 1.29 is 52.0 Å². The van der Waals surface area contributed by atoms with E-state index in [0.717, 1.165) is 0 Å². The van der Waals surface area contributed by atoms with Gasteiger partial charge in [0.2, 0.25) is 5.95 Å². The van der Waals surface area contributed by atoms with E-state index in [1.807, 2.05) is 0 Å². The van der Waals surface area contributed by atoms with Crippen molar-refractivity contribution in [2.75, 3.05) is 24.7 Å². The first-order chi connectivity index (χ1) is 20.8. The molecule has 0 aliphatic carbocycles. The predicted octanol–water partition coefficient (Wildman–Crippen LogP) is -1.33. The van der Waals surface area contributed by atoms with E-state index in [9.17, 15) is 33.7 Å². The number of nitrogens with one attached hydrogen (secondary N) is 1. The normalized spacial score (nSPS) is 27.4. The van der Waals surface area contributed by atoms with Gasteiger partial charge in [-0.05, 0) is 0 Å². The zero-order chi connectivity index (χ0) is 31.4. The van der Waals surface area contributed by atoms with Crippen molar-refractivity contribution in [1.82, 2.24) is 39.0 Å². The van der Waals surface area contributed by atoms with Gasteiger partial charge in [0.1, 0.15) is 42.6 Å². The zero-order valence-electron chi connectivity index (χ0n) is 22.3. The van der Waals surface area contributed by atoms with Crippen LogP contribution in [-0.2, 0) is 32.2 Å². The van der Waals surface area contributed by atoms with Gasteiger partial charge in [-0.25, -0.2) is 29.1 Å². The molecule has 0 bridgehead atoms. The summed E-state index contributed by atoms with van der Waals surface area (Å²) in [5.74, 6) is -0.0506. The average molecular weight is 660 g/mol. The molecule has 1 unspecified atom stereocenters. The highest BCUT2D eigenvalue weighted by molar-refractivity contribution is 7.47. The molecular formula is C20H26N10O12P2. The number of hydrogen-bond acceptors (Lipinski definition) is 16. The summed E-state index contributed by atoms with van der Waals surface area (Å²) in [6.45, 7) is -1.31. The first kappa shape index (κ1) is 30.6. The first-order valence-electron chi connectivity index (χ1n) is 12.8. The van der Waals surface area contributed by atoms with E-state index < -0.39 is 71.3 Å². The number of nitrogens with zero attached hydrogens (tertiary/aromatic N) is 7. The Hall–Kier alpha value is -3.40. The maximum Gasteiger partial charge on any atom is 0.472 e. The minimum atomic E-state index is -4.94. The Balaban J connectivity index is 1.13. The number of ether oxygens (including phenoxy) is 2. The van der Waals surface area contributed by atoms with E-state index in [-0.39, 0.29) is 46.9 Å². The number of anilines is 2. The SMILES string of the molecule is Nc1nc2c(ncn2[C@H]2C[C@H](O)[C@@H](COP(=O)(O)O[C@H]3C[C@H](n4cnc5c(N)ncnc54)O[C@@H]3COP(=O)(O)O)O2)c(=O)[nH]1. The van der Waals surface area contributed by atoms with Crippen LogP contribution in [0.1, 0.15) is 25.3 Å². The molecule has 7 atom stereocenters. The molecule has 2 fully saturated rings. The minimum absolute atomic E-state index is 0.000717. The number of nitrogens with two attached hydrogens (primary N) is 2. The van der Waals surface area contributed by atoms with Gasteiger partial charge in [0.15, 0.2) is 22.6 Å². The van der Waals surface area contributed by atoms with Crippen molar-refractivity contribution in [1.29, 1.82) is 0 Å². The van der Waals surface area contributed by atoms with Crippen molar-refractivity contribution in [2.45, 2.75) is 49.7 Å². The van der Waals surface area contributed by atoms with Gasteiger partial charge in [0.05, 0.1) is 32.0 Å². The van der Waals surface area contributed by atoms with Gasteiger partial charge in [-0.2, -0.15) is 4.98 Å². The van der Waals surface area contributed by atoms with Crippen LogP contribution in [0.4, 0.5) is 11.8 Å². The third kappa shape index (κ3) is 6.23. The van der Waals surface area contributed by atoms with Crippen molar-refractivity contribution in [2.24, 2.45) is 0 Å². The fourth-order valence-electron chi connectivity index (χ4n) is 4.94. The Morgan fingerprint density at radius 3 is 2.34 bits per heavy atom. The molecule has 24 heteroatoms. The number of phosphoric ester groups is 2. The third-order valence-electron chi connectivity index (χ3n) is 6.92. The zero-order valence-corrected chi connectivity index (χ0v) is 24.0. The maximum absolute atomic E-state index is 13.0. The number of aliphatic hydroxyl groups is 1. The number of aliphatic hydroxyl groups excluding tert-OH is 1. The smallest absolute Gasteiger partial charge is 0.390 e. The van der Waals surface area contributed by atoms with Gasteiger partial charge in [0, 0.05) is 12.8 Å². The molecule has 9 N–H and O–H groups in total. The summed E-state index contributed by atoms with van der Waals surface area (Å²) in [6.07, 6.45) is -2.87. The van der Waals surface area contributed by atoms with Crippen molar-refractivity contribution >= 4 is 49.7 Å². The molecule has 44 heavy (non-hydrogen) atoms. The molecule has 4 aromatic heterocycles. The summed E-state index contributed by atoms with van der Waals surface area (Å²) < 4.78 is 53.8. The lowest BCUT2D eigenvalue weighted by atomic mass is 10.2. The lowest BCUT2D eigenvalue weighted by molar-refractivity contribution is -0.0549. The quantitative estimate of drug-likeness (QED) is 0.0969. The number of rotatable bonds is 10. The van der Waals surface area contributed by atoms with E-state index >= 15 is 0 Å². The summed E-state index contributed by atoms with van der Waals surface area (Å²) in [4.78, 5) is 63.4. The van der Waals surface area contributed by atoms with Gasteiger partial charge in [-0.1, -0.05) is 0 Å². The van der Waals surface area contributed by atoms with Crippen molar-refractivity contribution in [3.63, 3.8) is 0 Å². The highest BCUT2D eigenvalue weighted by Gasteiger charge is 2.44. The van der Waals surface area contributed by atoms with Crippen LogP contribution >= 0.6 is 15.6 Å². The second-order valence-corrected chi connectivity index (χ2v) is 12.5. The number of aromatic nitrogens is 8. The fraction of sp³-hybridized carbons (Fsp3) is 0.500. The van der Waals surface area contributed by atoms with Crippen molar-refractivity contribution in [3.05, 3.63) is 29.3 Å². The first-order valence-corrected chi connectivity index (χ1v) is 15.8. The second kappa shape index (κ2) is 11.5. The number of hydrogen-bond donors (Lipinski definition) is 7. The molecule has 0 amide bonds. The monoisotopic (exact) mass is 660 g/mol. The maximum atomic E-state index is 13.0. The number of imidazole rings is 2. The largest absolute Gasteiger partial charge is 0.472 e. The van der Waals surface area contributed by atoms with E-state index in [1.54, 1.807) is 0 Å². The van der Waals surface area contributed by atoms with E-state index in [1.165, 1.54) is 28.1 Å². The van der Waals surface area contributed by atoms with Crippen LogP contribution in [0.25, 0.3) is 22.3 Å². The van der Waals surface area contributed by atoms with Crippen molar-refractivity contribution in [3.8, 4) is 0 Å². The Bertz CT molecular complexity index is 1840. The molecule has 0 saturated carbocycles. The van der Waals surface area contributed by atoms with Gasteiger partial charge in [-0.3, -0.25) is 32.5 Å². The molecule has 22 nitrogen and oxygen atoms in total. The molecule has 0 radical (unpaired) electrons. The van der Waals surface area contributed by atoms with E-state index in [2.05, 4.69) is 34.4 Å². The van der Waals surface area contributed by atoms with Gasteiger partial charge in [0.25, 0.3) is 5.56 Å². The molecule has 238 valence electrons. The summed E-state index contributed by atoms with van der Waals surface area (Å²) in [6, 6.07) is 0. The van der Waals surface area contributed by atoms with E-state index in [0.29, 0.717) is 0 Å². The minimum Gasteiger partial charge on any atom is -0.390 e. The number of H-pyrrole nitrogens is 1. The molecule has 2 aliphatic heterocycles. The van der Waals surface area contributed by atoms with Crippen LogP contribution in [0.3, 0.4) is 0 Å². The van der Waals surface area contributed by atoms with E-state index in [4.69, 9.17) is 30.0 Å². The summed E-state index contributed by atoms with van der Waals surface area (Å²) >= 11 is 0. The molecule has 4 aromatic rings. The molecule has 2 saturated heterocycles. The number of fused-ring (bicyclic) bond motifs is 2. The molecular weight excluding hydrogens is 634 g/mol. The third-order valence-corrected chi connectivity index (χ3v) is 8.42. The Kier molecular flexibility index (Phi) is 8.01. The molecule has 0 aromatic carbocycles. The lowest BCUT2D eigenvalue weighted by Crippen LogP contribution is -2.29.